The molecule has 3 nitrogen and oxygen atoms in total. The molecular weight excluding hydrogens is 222 g/mol. The first-order valence-electron chi connectivity index (χ1n) is 6.59. The monoisotopic (exact) mass is 243 g/mol. The topological polar surface area (TPSA) is 30.3 Å². The van der Waals surface area contributed by atoms with Gasteiger partial charge in [-0.05, 0) is 44.6 Å². The van der Waals surface area contributed by atoms with Gasteiger partial charge in [0.25, 0.3) is 0 Å². The number of hydrogen-bond donors (Lipinski definition) is 0. The summed E-state index contributed by atoms with van der Waals surface area (Å²) in [5.74, 6) is 0. The van der Waals surface area contributed by atoms with Gasteiger partial charge < -0.3 is 9.80 Å². The van der Waals surface area contributed by atoms with Gasteiger partial charge >= 0.3 is 0 Å². The van der Waals surface area contributed by atoms with Crippen molar-refractivity contribution in [1.82, 2.24) is 4.90 Å². The number of benzene rings is 1. The molecule has 1 atom stereocenters. The number of anilines is 1. The molecule has 0 amide bonds. The summed E-state index contributed by atoms with van der Waals surface area (Å²) in [6.45, 7) is 5.25. The first-order valence-corrected chi connectivity index (χ1v) is 6.59. The van der Waals surface area contributed by atoms with Crippen LogP contribution in [0.5, 0.6) is 0 Å². The van der Waals surface area contributed by atoms with Crippen LogP contribution in [0.15, 0.2) is 24.3 Å². The van der Waals surface area contributed by atoms with Crippen molar-refractivity contribution in [2.75, 3.05) is 31.6 Å². The number of aryl methyl sites for hydroxylation is 1. The summed E-state index contributed by atoms with van der Waals surface area (Å²) < 4.78 is 0. The molecule has 18 heavy (non-hydrogen) atoms. The lowest BCUT2D eigenvalue weighted by Crippen LogP contribution is -2.40. The molecule has 0 spiro atoms. The first-order chi connectivity index (χ1) is 8.70. The Morgan fingerprint density at radius 2 is 2.22 bits per heavy atom. The van der Waals surface area contributed by atoms with Crippen molar-refractivity contribution >= 4 is 5.69 Å². The highest BCUT2D eigenvalue weighted by atomic mass is 15.2. The predicted octanol–water partition coefficient (Wildman–Crippen LogP) is 2.42. The van der Waals surface area contributed by atoms with Crippen LogP contribution in [0, 0.1) is 18.3 Å². The van der Waals surface area contributed by atoms with E-state index < -0.39 is 0 Å². The van der Waals surface area contributed by atoms with Crippen molar-refractivity contribution in [2.45, 2.75) is 25.8 Å². The minimum Gasteiger partial charge on any atom is -0.366 e. The Kier molecular flexibility index (Phi) is 4.22. The average Bonchev–Trinajstić information content (AvgIpc) is 2.51. The molecule has 0 radical (unpaired) electrons. The molecule has 1 unspecified atom stereocenters. The van der Waals surface area contributed by atoms with E-state index in [4.69, 9.17) is 5.26 Å². The molecule has 1 aromatic rings. The fraction of sp³-hybridized carbons (Fsp3) is 0.533. The van der Waals surface area contributed by atoms with Gasteiger partial charge in [-0.1, -0.05) is 12.1 Å². The quantitative estimate of drug-likeness (QED) is 0.799. The molecule has 0 N–H and O–H groups in total. The van der Waals surface area contributed by atoms with E-state index in [0.29, 0.717) is 12.5 Å². The van der Waals surface area contributed by atoms with Crippen LogP contribution in [-0.2, 0) is 0 Å². The van der Waals surface area contributed by atoms with Crippen LogP contribution in [0.3, 0.4) is 0 Å². The third-order valence-electron chi connectivity index (χ3n) is 3.56. The second kappa shape index (κ2) is 5.88. The molecule has 1 saturated heterocycles. The molecule has 1 aromatic carbocycles. The van der Waals surface area contributed by atoms with Gasteiger partial charge in [-0.2, -0.15) is 5.26 Å². The minimum absolute atomic E-state index is 0.310. The third kappa shape index (κ3) is 3.02. The molecule has 0 bridgehead atoms. The summed E-state index contributed by atoms with van der Waals surface area (Å²) >= 11 is 0. The Hall–Kier alpha value is -1.53. The van der Waals surface area contributed by atoms with Gasteiger partial charge in [-0.15, -0.1) is 0 Å². The number of nitriles is 1. The molecular formula is C15H21N3. The van der Waals surface area contributed by atoms with Crippen molar-refractivity contribution in [3.05, 3.63) is 29.8 Å². The van der Waals surface area contributed by atoms with Crippen LogP contribution in [0.1, 0.15) is 18.4 Å². The molecule has 0 aromatic heterocycles. The summed E-state index contributed by atoms with van der Waals surface area (Å²) in [5, 5.41) is 9.02. The van der Waals surface area contributed by atoms with E-state index >= 15 is 0 Å². The fourth-order valence-corrected chi connectivity index (χ4v) is 2.67. The summed E-state index contributed by atoms with van der Waals surface area (Å²) in [6, 6.07) is 11.2. The van der Waals surface area contributed by atoms with Gasteiger partial charge in [-0.25, -0.2) is 0 Å². The maximum Gasteiger partial charge on any atom is 0.0643 e. The molecule has 1 aliphatic rings. The first kappa shape index (κ1) is 12.9. The molecule has 1 heterocycles. The Labute approximate surface area is 110 Å². The second-order valence-corrected chi connectivity index (χ2v) is 5.16. The van der Waals surface area contributed by atoms with Crippen molar-refractivity contribution in [2.24, 2.45) is 0 Å². The lowest BCUT2D eigenvalue weighted by molar-refractivity contribution is 0.332. The number of likely N-dealkylation sites (N-methyl/N-ethyl adjacent to an activating group) is 1. The number of nitrogens with zero attached hydrogens (tertiary/aromatic N) is 3. The normalized spacial score (nSPS) is 21.4. The smallest absolute Gasteiger partial charge is 0.0643 e. The summed E-state index contributed by atoms with van der Waals surface area (Å²) in [4.78, 5) is 4.73. The summed E-state index contributed by atoms with van der Waals surface area (Å²) in [6.07, 6.45) is 1.75. The van der Waals surface area contributed by atoms with Crippen molar-refractivity contribution in [3.63, 3.8) is 0 Å². The fourth-order valence-electron chi connectivity index (χ4n) is 2.67. The Bertz CT molecular complexity index is 436. The molecule has 2 rings (SSSR count). The lowest BCUT2D eigenvalue weighted by atomic mass is 10.1. The van der Waals surface area contributed by atoms with E-state index in [1.807, 2.05) is 0 Å². The van der Waals surface area contributed by atoms with Gasteiger partial charge in [0.2, 0.25) is 0 Å². The molecule has 1 fully saturated rings. The second-order valence-electron chi connectivity index (χ2n) is 5.16. The highest BCUT2D eigenvalue weighted by Gasteiger charge is 2.23. The Morgan fingerprint density at radius 1 is 1.39 bits per heavy atom. The van der Waals surface area contributed by atoms with Gasteiger partial charge in [-0.3, -0.25) is 0 Å². The summed E-state index contributed by atoms with van der Waals surface area (Å²) in [7, 11) is 2.14. The van der Waals surface area contributed by atoms with Crippen molar-refractivity contribution in [3.8, 4) is 6.07 Å². The van der Waals surface area contributed by atoms with Crippen molar-refractivity contribution in [1.29, 1.82) is 5.26 Å². The number of rotatable bonds is 2. The van der Waals surface area contributed by atoms with Gasteiger partial charge in [0.15, 0.2) is 0 Å². The standard InChI is InChI=1S/C15H21N3/c1-13-5-3-6-14(11-13)18-10-4-9-17(2)12-15(18)7-8-16/h3,5-6,11,15H,4,7,9-10,12H2,1-2H3. The summed E-state index contributed by atoms with van der Waals surface area (Å²) in [5.41, 5.74) is 2.53. The average molecular weight is 243 g/mol. The zero-order valence-electron chi connectivity index (χ0n) is 11.3. The Balaban J connectivity index is 2.24. The molecule has 3 heteroatoms. The predicted molar refractivity (Wildman–Crippen MR) is 74.7 cm³/mol. The van der Waals surface area contributed by atoms with E-state index in [0.717, 1.165) is 26.1 Å². The van der Waals surface area contributed by atoms with Crippen LogP contribution in [0.2, 0.25) is 0 Å². The van der Waals surface area contributed by atoms with Crippen molar-refractivity contribution < 1.29 is 0 Å². The van der Waals surface area contributed by atoms with Crippen LogP contribution in [-0.4, -0.2) is 37.6 Å². The zero-order chi connectivity index (χ0) is 13.0. The van der Waals surface area contributed by atoms with Gasteiger partial charge in [0, 0.05) is 18.8 Å². The van der Waals surface area contributed by atoms with E-state index in [2.05, 4.69) is 54.1 Å². The van der Waals surface area contributed by atoms with Gasteiger partial charge in [0.1, 0.15) is 0 Å². The van der Waals surface area contributed by atoms with E-state index in [9.17, 15) is 0 Å². The molecule has 96 valence electrons. The maximum atomic E-state index is 9.02. The van der Waals surface area contributed by atoms with E-state index in [1.165, 1.54) is 11.3 Å². The van der Waals surface area contributed by atoms with Crippen LogP contribution in [0.4, 0.5) is 5.69 Å². The van der Waals surface area contributed by atoms with Crippen LogP contribution in [0.25, 0.3) is 0 Å². The SMILES string of the molecule is Cc1cccc(N2CCCN(C)CC2CC#N)c1. The number of hydrogen-bond acceptors (Lipinski definition) is 3. The highest BCUT2D eigenvalue weighted by Crippen LogP contribution is 2.22. The highest BCUT2D eigenvalue weighted by molar-refractivity contribution is 5.49. The molecule has 0 aliphatic carbocycles. The minimum atomic E-state index is 0.310. The maximum absolute atomic E-state index is 9.02. The van der Waals surface area contributed by atoms with E-state index in [-0.39, 0.29) is 0 Å². The van der Waals surface area contributed by atoms with Gasteiger partial charge in [0.05, 0.1) is 18.5 Å². The third-order valence-corrected chi connectivity index (χ3v) is 3.56. The van der Waals surface area contributed by atoms with Crippen LogP contribution < -0.4 is 4.90 Å². The molecule has 0 saturated carbocycles. The zero-order valence-corrected chi connectivity index (χ0v) is 11.3. The Morgan fingerprint density at radius 3 is 2.94 bits per heavy atom. The largest absolute Gasteiger partial charge is 0.366 e. The van der Waals surface area contributed by atoms with E-state index in [1.54, 1.807) is 0 Å². The molecule has 1 aliphatic heterocycles. The lowest BCUT2D eigenvalue weighted by Gasteiger charge is -2.31. The van der Waals surface area contributed by atoms with Crippen LogP contribution >= 0.6 is 0 Å².